The molecule has 0 spiro atoms. The average molecular weight is 261 g/mol. The third-order valence-electron chi connectivity index (χ3n) is 2.36. The van der Waals surface area contributed by atoms with Gasteiger partial charge in [-0.05, 0) is 12.1 Å². The monoisotopic (exact) mass is 261 g/mol. The summed E-state index contributed by atoms with van der Waals surface area (Å²) >= 11 is 0. The molecule has 100 valence electrons. The van der Waals surface area contributed by atoms with Gasteiger partial charge in [-0.15, -0.1) is 10.2 Å². The Hall–Kier alpha value is -2.51. The number of nitrogens with zero attached hydrogens (tertiary/aromatic N) is 6. The van der Waals surface area contributed by atoms with Crippen molar-refractivity contribution in [3.63, 3.8) is 0 Å². The molecule has 0 bridgehead atoms. The maximum absolute atomic E-state index is 11.6. The summed E-state index contributed by atoms with van der Waals surface area (Å²) in [4.78, 5) is 17.2. The molecule has 2 rings (SSSR count). The van der Waals surface area contributed by atoms with E-state index in [1.165, 1.54) is 4.90 Å². The van der Waals surface area contributed by atoms with Crippen LogP contribution in [0, 0.1) is 0 Å². The van der Waals surface area contributed by atoms with E-state index in [1.807, 2.05) is 0 Å². The fourth-order valence-electron chi connectivity index (χ4n) is 1.40. The molecule has 0 fully saturated rings. The summed E-state index contributed by atoms with van der Waals surface area (Å²) in [7, 11) is 5.14. The van der Waals surface area contributed by atoms with Crippen molar-refractivity contribution >= 4 is 11.7 Å². The third-order valence-corrected chi connectivity index (χ3v) is 2.36. The zero-order valence-corrected chi connectivity index (χ0v) is 11.0. The van der Waals surface area contributed by atoms with Gasteiger partial charge in [0.15, 0.2) is 11.5 Å². The number of carbonyl (C=O) groups excluding carboxylic acids is 1. The van der Waals surface area contributed by atoms with E-state index in [-0.39, 0.29) is 5.91 Å². The molecule has 2 aromatic rings. The van der Waals surface area contributed by atoms with Crippen LogP contribution in [0.3, 0.4) is 0 Å². The summed E-state index contributed by atoms with van der Waals surface area (Å²) in [6, 6.07) is 3.33. The zero-order valence-electron chi connectivity index (χ0n) is 11.0. The summed E-state index contributed by atoms with van der Waals surface area (Å²) in [6.45, 7) is 0.455. The molecule has 0 atom stereocenters. The van der Waals surface area contributed by atoms with Crippen molar-refractivity contribution in [1.82, 2.24) is 29.9 Å². The van der Waals surface area contributed by atoms with Gasteiger partial charge >= 0.3 is 0 Å². The van der Waals surface area contributed by atoms with Crippen LogP contribution in [0.1, 0.15) is 16.3 Å². The number of aromatic nitrogens is 5. The number of anilines is 1. The van der Waals surface area contributed by atoms with Crippen molar-refractivity contribution in [3.8, 4) is 0 Å². The summed E-state index contributed by atoms with van der Waals surface area (Å²) < 4.78 is 1.63. The second-order valence-corrected chi connectivity index (χ2v) is 4.19. The first-order valence-electron chi connectivity index (χ1n) is 5.70. The van der Waals surface area contributed by atoms with Crippen molar-refractivity contribution in [2.24, 2.45) is 7.05 Å². The standard InChI is InChI=1S/C11H15N7O/c1-17(2)11(19)8-4-5-9(15-14-8)12-6-10-13-7-18(3)16-10/h4-5,7H,6H2,1-3H3,(H,12,15). The molecular formula is C11H15N7O. The topological polar surface area (TPSA) is 88.8 Å². The van der Waals surface area contributed by atoms with Gasteiger partial charge in [0.2, 0.25) is 0 Å². The van der Waals surface area contributed by atoms with Crippen LogP contribution in [0.5, 0.6) is 0 Å². The van der Waals surface area contributed by atoms with Crippen LogP contribution in [-0.4, -0.2) is 49.9 Å². The number of aryl methyl sites for hydroxylation is 1. The van der Waals surface area contributed by atoms with Crippen LogP contribution >= 0.6 is 0 Å². The lowest BCUT2D eigenvalue weighted by Crippen LogP contribution is -2.23. The number of amides is 1. The first-order valence-corrected chi connectivity index (χ1v) is 5.70. The molecule has 0 unspecified atom stereocenters. The summed E-state index contributed by atoms with van der Waals surface area (Å²) in [6.07, 6.45) is 1.63. The normalized spacial score (nSPS) is 10.3. The minimum atomic E-state index is -0.176. The fraction of sp³-hybridized carbons (Fsp3) is 0.364. The van der Waals surface area contributed by atoms with Crippen molar-refractivity contribution in [2.45, 2.75) is 6.54 Å². The van der Waals surface area contributed by atoms with E-state index in [9.17, 15) is 4.79 Å². The lowest BCUT2D eigenvalue weighted by molar-refractivity contribution is 0.0821. The highest BCUT2D eigenvalue weighted by Gasteiger charge is 2.10. The Balaban J connectivity index is 1.97. The first kappa shape index (κ1) is 12.9. The Morgan fingerprint density at radius 3 is 2.68 bits per heavy atom. The van der Waals surface area contributed by atoms with Crippen LogP contribution in [0.2, 0.25) is 0 Å². The van der Waals surface area contributed by atoms with E-state index in [2.05, 4.69) is 25.6 Å². The molecule has 8 heteroatoms. The molecule has 2 aromatic heterocycles. The Kier molecular flexibility index (Phi) is 3.69. The molecule has 19 heavy (non-hydrogen) atoms. The van der Waals surface area contributed by atoms with Gasteiger partial charge in [0.1, 0.15) is 12.1 Å². The van der Waals surface area contributed by atoms with Crippen LogP contribution in [0.4, 0.5) is 5.82 Å². The fourth-order valence-corrected chi connectivity index (χ4v) is 1.40. The quantitative estimate of drug-likeness (QED) is 0.828. The Labute approximate surface area is 110 Å². The first-order chi connectivity index (χ1) is 9.06. The van der Waals surface area contributed by atoms with Gasteiger partial charge in [0, 0.05) is 21.1 Å². The molecule has 8 nitrogen and oxygen atoms in total. The maximum atomic E-state index is 11.6. The number of hydrogen-bond acceptors (Lipinski definition) is 6. The van der Waals surface area contributed by atoms with E-state index >= 15 is 0 Å². The van der Waals surface area contributed by atoms with Crippen LogP contribution in [0.15, 0.2) is 18.5 Å². The summed E-state index contributed by atoms with van der Waals surface area (Å²) in [5.41, 5.74) is 0.312. The highest BCUT2D eigenvalue weighted by molar-refractivity contribution is 5.91. The van der Waals surface area contributed by atoms with E-state index < -0.39 is 0 Å². The number of rotatable bonds is 4. The Morgan fingerprint density at radius 1 is 1.37 bits per heavy atom. The zero-order chi connectivity index (χ0) is 13.8. The van der Waals surface area contributed by atoms with Gasteiger partial charge in [-0.1, -0.05) is 0 Å². The molecule has 1 N–H and O–H groups in total. The van der Waals surface area contributed by atoms with Gasteiger partial charge in [-0.2, -0.15) is 5.10 Å². The molecule has 0 aliphatic heterocycles. The smallest absolute Gasteiger partial charge is 0.273 e. The largest absolute Gasteiger partial charge is 0.361 e. The molecule has 1 amide bonds. The molecular weight excluding hydrogens is 246 g/mol. The van der Waals surface area contributed by atoms with Crippen LogP contribution < -0.4 is 5.32 Å². The second kappa shape index (κ2) is 5.42. The number of hydrogen-bond donors (Lipinski definition) is 1. The highest BCUT2D eigenvalue weighted by Crippen LogP contribution is 2.04. The third kappa shape index (κ3) is 3.24. The molecule has 0 radical (unpaired) electrons. The van der Waals surface area contributed by atoms with Gasteiger partial charge < -0.3 is 10.2 Å². The van der Waals surface area contributed by atoms with Crippen molar-refractivity contribution in [2.75, 3.05) is 19.4 Å². The summed E-state index contributed by atoms with van der Waals surface area (Å²) in [5.74, 6) is 1.06. The van der Waals surface area contributed by atoms with Crippen LogP contribution in [-0.2, 0) is 13.6 Å². The average Bonchev–Trinajstić information content (AvgIpc) is 2.82. The van der Waals surface area contributed by atoms with Crippen molar-refractivity contribution in [3.05, 3.63) is 30.0 Å². The molecule has 0 aliphatic carbocycles. The lowest BCUT2D eigenvalue weighted by Gasteiger charge is -2.09. The highest BCUT2D eigenvalue weighted by atomic mass is 16.2. The van der Waals surface area contributed by atoms with E-state index in [1.54, 1.807) is 44.3 Å². The van der Waals surface area contributed by atoms with Crippen molar-refractivity contribution < 1.29 is 4.79 Å². The van der Waals surface area contributed by atoms with Gasteiger partial charge in [-0.25, -0.2) is 4.98 Å². The van der Waals surface area contributed by atoms with E-state index in [0.29, 0.717) is 23.9 Å². The molecule has 0 saturated heterocycles. The summed E-state index contributed by atoms with van der Waals surface area (Å²) in [5, 5.41) is 15.0. The predicted octanol–water partition coefficient (Wildman–Crippen LogP) is -0.0810. The molecule has 0 saturated carbocycles. The minimum Gasteiger partial charge on any atom is -0.361 e. The number of nitrogens with one attached hydrogen (secondary N) is 1. The Bertz CT molecular complexity index is 561. The maximum Gasteiger partial charge on any atom is 0.273 e. The number of carbonyl (C=O) groups is 1. The van der Waals surface area contributed by atoms with E-state index in [4.69, 9.17) is 0 Å². The molecule has 2 heterocycles. The van der Waals surface area contributed by atoms with Gasteiger partial charge in [0.25, 0.3) is 5.91 Å². The van der Waals surface area contributed by atoms with E-state index in [0.717, 1.165) is 0 Å². The van der Waals surface area contributed by atoms with Crippen LogP contribution in [0.25, 0.3) is 0 Å². The molecule has 0 aromatic carbocycles. The molecule has 0 aliphatic rings. The van der Waals surface area contributed by atoms with Gasteiger partial charge in [-0.3, -0.25) is 9.48 Å². The minimum absolute atomic E-state index is 0.176. The lowest BCUT2D eigenvalue weighted by atomic mass is 10.3. The van der Waals surface area contributed by atoms with Gasteiger partial charge in [0.05, 0.1) is 6.54 Å². The SMILES string of the molecule is CN(C)C(=O)c1ccc(NCc2ncn(C)n2)nn1. The predicted molar refractivity (Wildman–Crippen MR) is 68.4 cm³/mol. The van der Waals surface area contributed by atoms with Crippen molar-refractivity contribution in [1.29, 1.82) is 0 Å². The second-order valence-electron chi connectivity index (χ2n) is 4.19. The Morgan fingerprint density at radius 2 is 2.16 bits per heavy atom.